The minimum atomic E-state index is -1.13. The van der Waals surface area contributed by atoms with Gasteiger partial charge in [0, 0.05) is 12.1 Å². The van der Waals surface area contributed by atoms with Crippen LogP contribution in [0.25, 0.3) is 0 Å². The first-order valence-corrected chi connectivity index (χ1v) is 9.24. The zero-order valence-electron chi connectivity index (χ0n) is 16.0. The molecule has 0 aromatic heterocycles. The highest BCUT2D eigenvalue weighted by molar-refractivity contribution is 6.44. The highest BCUT2D eigenvalue weighted by Crippen LogP contribution is 2.38. The van der Waals surface area contributed by atoms with Crippen molar-refractivity contribution >= 4 is 17.5 Å². The maximum atomic E-state index is 13.2. The number of carbonyl (C=O) groups excluding carboxylic acids is 3. The molecule has 1 fully saturated rings. The van der Waals surface area contributed by atoms with Gasteiger partial charge in [0.05, 0.1) is 6.04 Å². The van der Waals surface area contributed by atoms with E-state index in [1.807, 2.05) is 49.3 Å². The number of rotatable bonds is 7. The van der Waals surface area contributed by atoms with Crippen LogP contribution < -0.4 is 0 Å². The SMILES string of the molecule is CN(C)CCCN1C(=O)C(=O)C(C(=O)c2ccc(F)cc2)C1c1ccccc1. The van der Waals surface area contributed by atoms with Crippen LogP contribution in [0.4, 0.5) is 4.39 Å². The number of likely N-dealkylation sites (tertiary alicyclic amines) is 1. The van der Waals surface area contributed by atoms with Crippen molar-refractivity contribution in [3.05, 3.63) is 71.5 Å². The van der Waals surface area contributed by atoms with E-state index in [9.17, 15) is 18.8 Å². The molecule has 0 spiro atoms. The molecule has 3 rings (SSSR count). The molecule has 0 saturated carbocycles. The molecule has 0 N–H and O–H groups in total. The Morgan fingerprint density at radius 3 is 2.29 bits per heavy atom. The summed E-state index contributed by atoms with van der Waals surface area (Å²) in [6.45, 7) is 1.14. The maximum absolute atomic E-state index is 13.2. The number of nitrogens with zero attached hydrogens (tertiary/aromatic N) is 2. The topological polar surface area (TPSA) is 57.7 Å². The minimum absolute atomic E-state index is 0.226. The standard InChI is InChI=1S/C22H23FN2O3/c1-24(2)13-6-14-25-19(15-7-4-3-5-8-15)18(21(27)22(25)28)20(26)16-9-11-17(23)12-10-16/h3-5,7-12,18-19H,6,13-14H2,1-2H3. The number of Topliss-reactive ketones (excluding diaryl/α,β-unsaturated/α-hetero) is 2. The first-order chi connectivity index (χ1) is 13.4. The average Bonchev–Trinajstić information content (AvgIpc) is 2.93. The normalized spacial score (nSPS) is 19.5. The number of benzene rings is 2. The minimum Gasteiger partial charge on any atom is -0.328 e. The molecule has 2 atom stereocenters. The lowest BCUT2D eigenvalue weighted by molar-refractivity contribution is -0.140. The molecule has 2 aromatic rings. The van der Waals surface area contributed by atoms with Crippen molar-refractivity contribution in [1.29, 1.82) is 0 Å². The number of ketones is 2. The summed E-state index contributed by atoms with van der Waals surface area (Å²) < 4.78 is 13.2. The summed E-state index contributed by atoms with van der Waals surface area (Å²) in [6, 6.07) is 13.5. The first-order valence-electron chi connectivity index (χ1n) is 9.24. The average molecular weight is 382 g/mol. The second-order valence-electron chi connectivity index (χ2n) is 7.22. The molecule has 0 aliphatic carbocycles. The van der Waals surface area contributed by atoms with Crippen molar-refractivity contribution in [2.75, 3.05) is 27.2 Å². The molecular formula is C22H23FN2O3. The fourth-order valence-electron chi connectivity index (χ4n) is 3.60. The fraction of sp³-hybridized carbons (Fsp3) is 0.318. The number of carbonyl (C=O) groups is 3. The van der Waals surface area contributed by atoms with Gasteiger partial charge < -0.3 is 9.80 Å². The van der Waals surface area contributed by atoms with E-state index in [4.69, 9.17) is 0 Å². The third-order valence-electron chi connectivity index (χ3n) is 4.96. The van der Waals surface area contributed by atoms with Gasteiger partial charge in [-0.05, 0) is 56.9 Å². The Morgan fingerprint density at radius 2 is 1.68 bits per heavy atom. The van der Waals surface area contributed by atoms with Crippen LogP contribution in [-0.4, -0.2) is 54.5 Å². The van der Waals surface area contributed by atoms with Crippen LogP contribution in [0, 0.1) is 11.7 Å². The van der Waals surface area contributed by atoms with Crippen LogP contribution in [0.5, 0.6) is 0 Å². The highest BCUT2D eigenvalue weighted by atomic mass is 19.1. The van der Waals surface area contributed by atoms with E-state index in [-0.39, 0.29) is 5.56 Å². The van der Waals surface area contributed by atoms with Gasteiger partial charge in [-0.3, -0.25) is 14.4 Å². The van der Waals surface area contributed by atoms with Gasteiger partial charge in [0.25, 0.3) is 5.91 Å². The van der Waals surface area contributed by atoms with E-state index in [0.717, 1.165) is 12.1 Å². The fourth-order valence-corrected chi connectivity index (χ4v) is 3.60. The van der Waals surface area contributed by atoms with Crippen LogP contribution in [-0.2, 0) is 9.59 Å². The van der Waals surface area contributed by atoms with Gasteiger partial charge in [0.1, 0.15) is 11.7 Å². The number of hydrogen-bond acceptors (Lipinski definition) is 4. The van der Waals surface area contributed by atoms with Gasteiger partial charge in [-0.25, -0.2) is 4.39 Å². The summed E-state index contributed by atoms with van der Waals surface area (Å²) in [6.07, 6.45) is 0.687. The highest BCUT2D eigenvalue weighted by Gasteiger charge is 2.51. The van der Waals surface area contributed by atoms with Crippen LogP contribution >= 0.6 is 0 Å². The van der Waals surface area contributed by atoms with Crippen molar-refractivity contribution in [1.82, 2.24) is 9.80 Å². The first kappa shape index (κ1) is 19.9. The monoisotopic (exact) mass is 382 g/mol. The predicted molar refractivity (Wildman–Crippen MR) is 103 cm³/mol. The molecule has 5 nitrogen and oxygen atoms in total. The molecule has 28 heavy (non-hydrogen) atoms. The summed E-state index contributed by atoms with van der Waals surface area (Å²) in [5.74, 6) is -3.38. The van der Waals surface area contributed by atoms with Crippen LogP contribution in [0.15, 0.2) is 54.6 Å². The molecule has 6 heteroatoms. The predicted octanol–water partition coefficient (Wildman–Crippen LogP) is 2.73. The van der Waals surface area contributed by atoms with E-state index < -0.39 is 35.3 Å². The second kappa shape index (κ2) is 8.44. The zero-order valence-corrected chi connectivity index (χ0v) is 16.0. The van der Waals surface area contributed by atoms with E-state index >= 15 is 0 Å². The molecule has 1 saturated heterocycles. The third-order valence-corrected chi connectivity index (χ3v) is 4.96. The molecule has 2 aromatic carbocycles. The largest absolute Gasteiger partial charge is 0.328 e. The molecule has 0 radical (unpaired) electrons. The Labute approximate surface area is 163 Å². The van der Waals surface area contributed by atoms with Gasteiger partial charge in [0.15, 0.2) is 5.78 Å². The number of amides is 1. The number of hydrogen-bond donors (Lipinski definition) is 0. The summed E-state index contributed by atoms with van der Waals surface area (Å²) in [7, 11) is 3.87. The van der Waals surface area contributed by atoms with Crippen LogP contribution in [0.2, 0.25) is 0 Å². The molecule has 1 aliphatic rings. The molecule has 0 bridgehead atoms. The van der Waals surface area contributed by atoms with Gasteiger partial charge >= 0.3 is 0 Å². The van der Waals surface area contributed by atoms with Crippen LogP contribution in [0.1, 0.15) is 28.4 Å². The Bertz CT molecular complexity index is 865. The Balaban J connectivity index is 1.96. The molecule has 1 heterocycles. The summed E-state index contributed by atoms with van der Waals surface area (Å²) in [5.41, 5.74) is 0.968. The Hall–Kier alpha value is -2.86. The molecule has 146 valence electrons. The van der Waals surface area contributed by atoms with E-state index in [0.29, 0.717) is 13.0 Å². The number of halogens is 1. The molecule has 1 aliphatic heterocycles. The Kier molecular flexibility index (Phi) is 5.99. The lowest BCUT2D eigenvalue weighted by Crippen LogP contribution is -2.33. The van der Waals surface area contributed by atoms with Gasteiger partial charge in [-0.15, -0.1) is 0 Å². The van der Waals surface area contributed by atoms with Crippen LogP contribution in [0.3, 0.4) is 0 Å². The van der Waals surface area contributed by atoms with E-state index in [2.05, 4.69) is 0 Å². The lowest BCUT2D eigenvalue weighted by atomic mass is 9.86. The van der Waals surface area contributed by atoms with Gasteiger partial charge in [0.2, 0.25) is 5.78 Å². The van der Waals surface area contributed by atoms with Gasteiger partial charge in [-0.2, -0.15) is 0 Å². The third kappa shape index (κ3) is 4.02. The van der Waals surface area contributed by atoms with Crippen molar-refractivity contribution in [2.45, 2.75) is 12.5 Å². The van der Waals surface area contributed by atoms with Crippen molar-refractivity contribution in [2.24, 2.45) is 5.92 Å². The van der Waals surface area contributed by atoms with Crippen molar-refractivity contribution in [3.63, 3.8) is 0 Å². The van der Waals surface area contributed by atoms with Crippen molar-refractivity contribution in [3.8, 4) is 0 Å². The van der Waals surface area contributed by atoms with E-state index in [1.54, 1.807) is 0 Å². The molecular weight excluding hydrogens is 359 g/mol. The van der Waals surface area contributed by atoms with E-state index in [1.165, 1.54) is 29.2 Å². The Morgan fingerprint density at radius 1 is 1.04 bits per heavy atom. The molecule has 2 unspecified atom stereocenters. The summed E-state index contributed by atoms with van der Waals surface area (Å²) in [5, 5.41) is 0. The zero-order chi connectivity index (χ0) is 20.3. The second-order valence-corrected chi connectivity index (χ2v) is 7.22. The molecule has 1 amide bonds. The lowest BCUT2D eigenvalue weighted by Gasteiger charge is -2.27. The van der Waals surface area contributed by atoms with Crippen molar-refractivity contribution < 1.29 is 18.8 Å². The quantitative estimate of drug-likeness (QED) is 0.420. The summed E-state index contributed by atoms with van der Waals surface area (Å²) in [4.78, 5) is 42.1. The summed E-state index contributed by atoms with van der Waals surface area (Å²) >= 11 is 0. The van der Waals surface area contributed by atoms with Gasteiger partial charge in [-0.1, -0.05) is 30.3 Å². The smallest absolute Gasteiger partial charge is 0.291 e. The maximum Gasteiger partial charge on any atom is 0.291 e.